The maximum Gasteiger partial charge on any atom is 0.198 e. The Labute approximate surface area is 141 Å². The molecule has 0 fully saturated rings. The molecule has 1 heterocycles. The zero-order valence-electron chi connectivity index (χ0n) is 15.1. The van der Waals surface area contributed by atoms with Crippen molar-refractivity contribution in [3.63, 3.8) is 0 Å². The van der Waals surface area contributed by atoms with Crippen molar-refractivity contribution in [2.75, 3.05) is 0 Å². The van der Waals surface area contributed by atoms with Crippen molar-refractivity contribution in [2.24, 2.45) is 0 Å². The van der Waals surface area contributed by atoms with Gasteiger partial charge in [-0.25, -0.2) is 0 Å². The number of fused-ring (bicyclic) bond motifs is 1. The van der Waals surface area contributed by atoms with Crippen LogP contribution < -0.4 is 4.68 Å². The third-order valence-electron chi connectivity index (χ3n) is 4.68. The van der Waals surface area contributed by atoms with Crippen LogP contribution in [0.2, 0.25) is 0 Å². The molecule has 2 rings (SSSR count). The van der Waals surface area contributed by atoms with Crippen LogP contribution in [-0.2, 0) is 13.1 Å². The Hall–Kier alpha value is -1.38. The van der Waals surface area contributed by atoms with Gasteiger partial charge in [0.15, 0.2) is 11.0 Å². The summed E-state index contributed by atoms with van der Waals surface area (Å²) in [6.07, 6.45) is 13.8. The minimum Gasteiger partial charge on any atom is -0.130 e. The van der Waals surface area contributed by atoms with Crippen LogP contribution in [0.3, 0.4) is 0 Å². The molecular weight excluding hydrogens is 282 g/mol. The van der Waals surface area contributed by atoms with Gasteiger partial charge < -0.3 is 0 Å². The van der Waals surface area contributed by atoms with Crippen molar-refractivity contribution >= 4 is 11.0 Å². The Morgan fingerprint density at radius 3 is 2.09 bits per heavy atom. The van der Waals surface area contributed by atoms with Crippen LogP contribution in [0.5, 0.6) is 0 Å². The first-order valence-corrected chi connectivity index (χ1v) is 9.72. The minimum absolute atomic E-state index is 0.936. The summed E-state index contributed by atoms with van der Waals surface area (Å²) in [5.74, 6) is 0. The Morgan fingerprint density at radius 2 is 1.43 bits per heavy atom. The highest BCUT2D eigenvalue weighted by molar-refractivity contribution is 5.70. The van der Waals surface area contributed by atoms with E-state index in [0.29, 0.717) is 0 Å². The Bertz CT molecular complexity index is 559. The smallest absolute Gasteiger partial charge is 0.130 e. The van der Waals surface area contributed by atoms with Gasteiger partial charge in [0.05, 0.1) is 5.21 Å². The van der Waals surface area contributed by atoms with Crippen LogP contribution in [0.4, 0.5) is 0 Å². The first-order valence-electron chi connectivity index (χ1n) is 9.72. The molecule has 0 saturated carbocycles. The molecule has 3 heteroatoms. The Morgan fingerprint density at radius 1 is 0.826 bits per heavy atom. The SMILES string of the molecule is CCCCCCCCCCCC[n+]1nn(CC)c2ccccc21. The van der Waals surface area contributed by atoms with Gasteiger partial charge in [-0.05, 0) is 31.9 Å². The summed E-state index contributed by atoms with van der Waals surface area (Å²) in [5.41, 5.74) is 2.52. The van der Waals surface area contributed by atoms with Crippen molar-refractivity contribution in [1.82, 2.24) is 9.90 Å². The number of nitrogens with zero attached hydrogens (tertiary/aromatic N) is 3. The summed E-state index contributed by atoms with van der Waals surface area (Å²) in [7, 11) is 0. The number of para-hydroxylation sites is 2. The molecule has 0 spiro atoms. The van der Waals surface area contributed by atoms with Gasteiger partial charge >= 0.3 is 0 Å². The lowest BCUT2D eigenvalue weighted by Gasteiger charge is -2.01. The van der Waals surface area contributed by atoms with E-state index in [2.05, 4.69) is 47.5 Å². The molecule has 0 saturated heterocycles. The molecule has 0 bridgehead atoms. The molecule has 0 aliphatic carbocycles. The number of hydrogen-bond acceptors (Lipinski definition) is 1. The lowest BCUT2D eigenvalue weighted by atomic mass is 10.1. The fourth-order valence-corrected chi connectivity index (χ4v) is 3.28. The highest BCUT2D eigenvalue weighted by atomic mass is 15.5. The summed E-state index contributed by atoms with van der Waals surface area (Å²) in [6, 6.07) is 8.56. The maximum absolute atomic E-state index is 4.72. The third-order valence-corrected chi connectivity index (χ3v) is 4.68. The lowest BCUT2D eigenvalue weighted by molar-refractivity contribution is -0.733. The quantitative estimate of drug-likeness (QED) is 0.386. The van der Waals surface area contributed by atoms with Crippen LogP contribution in [-0.4, -0.2) is 9.90 Å². The minimum atomic E-state index is 0.936. The molecular formula is C20H34N3+. The van der Waals surface area contributed by atoms with Gasteiger partial charge in [0, 0.05) is 0 Å². The molecule has 0 radical (unpaired) electrons. The normalized spacial score (nSPS) is 11.4. The summed E-state index contributed by atoms with van der Waals surface area (Å²) in [5, 5.41) is 4.72. The van der Waals surface area contributed by atoms with E-state index < -0.39 is 0 Å². The molecule has 0 atom stereocenters. The second-order valence-electron chi connectivity index (χ2n) is 6.60. The third kappa shape index (κ3) is 5.63. The number of benzene rings is 1. The van der Waals surface area contributed by atoms with Gasteiger partial charge in [-0.2, -0.15) is 0 Å². The molecule has 0 amide bonds. The molecule has 2 aromatic rings. The second kappa shape index (κ2) is 10.4. The van der Waals surface area contributed by atoms with Crippen LogP contribution in [0, 0.1) is 0 Å². The van der Waals surface area contributed by atoms with Crippen molar-refractivity contribution in [3.8, 4) is 0 Å². The molecule has 0 aliphatic rings. The van der Waals surface area contributed by atoms with Gasteiger partial charge in [-0.15, -0.1) is 9.36 Å². The predicted molar refractivity (Wildman–Crippen MR) is 97.4 cm³/mol. The van der Waals surface area contributed by atoms with E-state index in [1.807, 2.05) is 0 Å². The number of rotatable bonds is 12. The van der Waals surface area contributed by atoms with Gasteiger partial charge in [0.1, 0.15) is 13.1 Å². The van der Waals surface area contributed by atoms with Crippen LogP contribution in [0.25, 0.3) is 11.0 Å². The number of hydrogen-bond donors (Lipinski definition) is 0. The van der Waals surface area contributed by atoms with E-state index in [1.165, 1.54) is 75.2 Å². The summed E-state index contributed by atoms with van der Waals surface area (Å²) < 4.78 is 4.29. The zero-order valence-corrected chi connectivity index (χ0v) is 15.1. The van der Waals surface area contributed by atoms with Gasteiger partial charge in [-0.3, -0.25) is 0 Å². The van der Waals surface area contributed by atoms with Gasteiger partial charge in [0.2, 0.25) is 0 Å². The fraction of sp³-hybridized carbons (Fsp3) is 0.700. The zero-order chi connectivity index (χ0) is 16.3. The van der Waals surface area contributed by atoms with Crippen LogP contribution in [0.15, 0.2) is 24.3 Å². The lowest BCUT2D eigenvalue weighted by Crippen LogP contribution is -2.37. The van der Waals surface area contributed by atoms with Crippen LogP contribution in [0.1, 0.15) is 78.1 Å². The second-order valence-corrected chi connectivity index (χ2v) is 6.60. The first kappa shape index (κ1) is 18.0. The van der Waals surface area contributed by atoms with Gasteiger partial charge in [-0.1, -0.05) is 70.4 Å². The maximum atomic E-state index is 4.72. The van der Waals surface area contributed by atoms with Crippen molar-refractivity contribution in [2.45, 2.75) is 91.1 Å². The van der Waals surface area contributed by atoms with Crippen molar-refractivity contribution in [3.05, 3.63) is 24.3 Å². The number of aryl methyl sites for hydroxylation is 2. The van der Waals surface area contributed by atoms with E-state index in [1.54, 1.807) is 0 Å². The monoisotopic (exact) mass is 316 g/mol. The molecule has 1 aromatic carbocycles. The topological polar surface area (TPSA) is 21.7 Å². The number of unbranched alkanes of at least 4 members (excludes halogenated alkanes) is 9. The summed E-state index contributed by atoms with van der Waals surface area (Å²) >= 11 is 0. The fourth-order valence-electron chi connectivity index (χ4n) is 3.28. The molecule has 128 valence electrons. The van der Waals surface area contributed by atoms with Crippen molar-refractivity contribution in [1.29, 1.82) is 0 Å². The largest absolute Gasteiger partial charge is 0.198 e. The predicted octanol–water partition coefficient (Wildman–Crippen LogP) is 5.26. The molecule has 0 aliphatic heterocycles. The number of aromatic nitrogens is 3. The molecule has 0 unspecified atom stereocenters. The standard InChI is InChI=1S/C20H34N3/c1-3-5-6-7-8-9-10-11-12-15-18-23-20-17-14-13-16-19(20)22(4-2)21-23/h13-14,16-17H,3-12,15,18H2,1-2H3/q+1. The molecule has 3 nitrogen and oxygen atoms in total. The van der Waals surface area contributed by atoms with E-state index in [-0.39, 0.29) is 0 Å². The molecule has 23 heavy (non-hydrogen) atoms. The average molecular weight is 317 g/mol. The van der Waals surface area contributed by atoms with Crippen LogP contribution >= 0.6 is 0 Å². The Balaban J connectivity index is 1.63. The first-order chi connectivity index (χ1) is 11.4. The Kier molecular flexibility index (Phi) is 8.13. The van der Waals surface area contributed by atoms with E-state index in [0.717, 1.165) is 13.1 Å². The summed E-state index contributed by atoms with van der Waals surface area (Å²) in [6.45, 7) is 6.42. The van der Waals surface area contributed by atoms with Crippen molar-refractivity contribution < 1.29 is 4.68 Å². The van der Waals surface area contributed by atoms with E-state index >= 15 is 0 Å². The van der Waals surface area contributed by atoms with E-state index in [4.69, 9.17) is 5.21 Å². The van der Waals surface area contributed by atoms with Gasteiger partial charge in [0.25, 0.3) is 0 Å². The summed E-state index contributed by atoms with van der Waals surface area (Å²) in [4.78, 5) is 0. The molecule has 0 N–H and O–H groups in total. The highest BCUT2D eigenvalue weighted by Crippen LogP contribution is 2.11. The average Bonchev–Trinajstić information content (AvgIpc) is 2.95. The highest BCUT2D eigenvalue weighted by Gasteiger charge is 2.15. The molecule has 1 aromatic heterocycles. The van der Waals surface area contributed by atoms with E-state index in [9.17, 15) is 0 Å².